The van der Waals surface area contributed by atoms with Gasteiger partial charge in [0.05, 0.1) is 5.39 Å². The summed E-state index contributed by atoms with van der Waals surface area (Å²) >= 11 is 11.7. The summed E-state index contributed by atoms with van der Waals surface area (Å²) in [5.74, 6) is -1.79. The molecule has 0 aliphatic rings. The van der Waals surface area contributed by atoms with E-state index in [1.807, 2.05) is 0 Å². The third kappa shape index (κ3) is 4.48. The number of halogens is 2. The Morgan fingerprint density at radius 2 is 1.78 bits per heavy atom. The summed E-state index contributed by atoms with van der Waals surface area (Å²) < 4.78 is 10.3. The van der Waals surface area contributed by atoms with E-state index in [0.29, 0.717) is 15.7 Å². The molecule has 3 rings (SSSR count). The zero-order valence-corrected chi connectivity index (χ0v) is 15.6. The van der Waals surface area contributed by atoms with Crippen molar-refractivity contribution in [3.63, 3.8) is 0 Å². The molecule has 8 heteroatoms. The summed E-state index contributed by atoms with van der Waals surface area (Å²) in [6.45, 7) is 1.25. The molecule has 0 aliphatic heterocycles. The number of carbonyl (C=O) groups is 2. The summed E-state index contributed by atoms with van der Waals surface area (Å²) in [5, 5.41) is 3.68. The molecule has 6 nitrogen and oxygen atoms in total. The van der Waals surface area contributed by atoms with Crippen LogP contribution < -0.4 is 10.7 Å². The number of ether oxygens (including phenoxy) is 1. The van der Waals surface area contributed by atoms with E-state index in [9.17, 15) is 14.4 Å². The second kappa shape index (κ2) is 7.82. The van der Waals surface area contributed by atoms with Crippen molar-refractivity contribution in [2.45, 2.75) is 6.92 Å². The van der Waals surface area contributed by atoms with Crippen molar-refractivity contribution in [3.05, 3.63) is 74.1 Å². The first kappa shape index (κ1) is 18.9. The monoisotopic (exact) mass is 405 g/mol. The normalized spacial score (nSPS) is 10.6. The van der Waals surface area contributed by atoms with Crippen LogP contribution in [0, 0.1) is 6.92 Å². The maximum atomic E-state index is 12.1. The van der Waals surface area contributed by atoms with Crippen LogP contribution in [0.25, 0.3) is 11.0 Å². The first-order chi connectivity index (χ1) is 12.8. The van der Waals surface area contributed by atoms with Crippen molar-refractivity contribution < 1.29 is 18.7 Å². The number of aryl methyl sites for hydroxylation is 1. The van der Waals surface area contributed by atoms with Crippen LogP contribution in [0.2, 0.25) is 10.0 Å². The van der Waals surface area contributed by atoms with Crippen LogP contribution in [0.3, 0.4) is 0 Å². The number of anilines is 1. The molecule has 0 aliphatic carbocycles. The molecular weight excluding hydrogens is 393 g/mol. The highest BCUT2D eigenvalue weighted by Crippen LogP contribution is 2.20. The van der Waals surface area contributed by atoms with Crippen molar-refractivity contribution in [1.82, 2.24) is 0 Å². The minimum atomic E-state index is -0.929. The Morgan fingerprint density at radius 1 is 1.07 bits per heavy atom. The molecule has 0 unspecified atom stereocenters. The molecule has 1 heterocycles. The van der Waals surface area contributed by atoms with Crippen LogP contribution in [0.15, 0.2) is 51.7 Å². The lowest BCUT2D eigenvalue weighted by molar-refractivity contribution is -0.119. The van der Waals surface area contributed by atoms with Gasteiger partial charge < -0.3 is 14.5 Å². The van der Waals surface area contributed by atoms with E-state index in [-0.39, 0.29) is 16.7 Å². The van der Waals surface area contributed by atoms with Gasteiger partial charge in [-0.3, -0.25) is 9.59 Å². The average molecular weight is 406 g/mol. The van der Waals surface area contributed by atoms with Gasteiger partial charge >= 0.3 is 5.97 Å². The molecule has 0 atom stereocenters. The van der Waals surface area contributed by atoms with Gasteiger partial charge in [0, 0.05) is 21.8 Å². The Hall–Kier alpha value is -2.83. The van der Waals surface area contributed by atoms with E-state index in [4.69, 9.17) is 32.4 Å². The minimum absolute atomic E-state index is 0.192. The number of esters is 1. The quantitative estimate of drug-likeness (QED) is 0.657. The van der Waals surface area contributed by atoms with Crippen LogP contribution in [-0.2, 0) is 9.53 Å². The largest absolute Gasteiger partial charge is 0.450 e. The highest BCUT2D eigenvalue weighted by Gasteiger charge is 2.16. The van der Waals surface area contributed by atoms with Gasteiger partial charge in [-0.2, -0.15) is 0 Å². The lowest BCUT2D eigenvalue weighted by atomic mass is 10.2. The third-order valence-corrected chi connectivity index (χ3v) is 4.17. The Bertz CT molecular complexity index is 1110. The average Bonchev–Trinajstić information content (AvgIpc) is 2.63. The topological polar surface area (TPSA) is 85.6 Å². The highest BCUT2D eigenvalue weighted by atomic mass is 35.5. The third-order valence-electron chi connectivity index (χ3n) is 3.70. The molecule has 0 bridgehead atoms. The number of hydrogen-bond donors (Lipinski definition) is 1. The van der Waals surface area contributed by atoms with E-state index in [1.165, 1.54) is 18.2 Å². The number of nitrogens with one attached hydrogen (secondary N) is 1. The second-order valence-corrected chi connectivity index (χ2v) is 6.57. The molecule has 0 saturated carbocycles. The summed E-state index contributed by atoms with van der Waals surface area (Å²) in [4.78, 5) is 36.2. The van der Waals surface area contributed by atoms with Gasteiger partial charge in [-0.25, -0.2) is 4.79 Å². The van der Waals surface area contributed by atoms with Crippen LogP contribution >= 0.6 is 23.2 Å². The summed E-state index contributed by atoms with van der Waals surface area (Å²) in [6.07, 6.45) is 0. The molecule has 138 valence electrons. The summed E-state index contributed by atoms with van der Waals surface area (Å²) in [5.41, 5.74) is 1.07. The maximum absolute atomic E-state index is 12.1. The second-order valence-electron chi connectivity index (χ2n) is 5.70. The smallest absolute Gasteiger partial charge is 0.374 e. The fourth-order valence-corrected chi connectivity index (χ4v) is 2.69. The Balaban J connectivity index is 1.69. The van der Waals surface area contributed by atoms with Gasteiger partial charge in [-0.05, 0) is 42.8 Å². The van der Waals surface area contributed by atoms with Gasteiger partial charge in [-0.1, -0.05) is 29.3 Å². The van der Waals surface area contributed by atoms with Crippen LogP contribution in [0.4, 0.5) is 5.69 Å². The summed E-state index contributed by atoms with van der Waals surface area (Å²) in [7, 11) is 0. The number of carbonyl (C=O) groups excluding carboxylic acids is 2. The molecule has 0 saturated heterocycles. The molecule has 0 fully saturated rings. The number of rotatable bonds is 4. The Kier molecular flexibility index (Phi) is 5.48. The van der Waals surface area contributed by atoms with Crippen molar-refractivity contribution in [1.29, 1.82) is 0 Å². The number of benzene rings is 2. The fourth-order valence-electron chi connectivity index (χ4n) is 2.35. The molecule has 2 aromatic carbocycles. The van der Waals surface area contributed by atoms with Crippen LogP contribution in [0.5, 0.6) is 0 Å². The molecular formula is C19H13Cl2NO5. The standard InChI is InChI=1S/C19H13Cl2NO5/c1-10-2-3-12(21)7-14(10)22-18(24)9-26-19(25)17-8-15(23)13-6-11(20)4-5-16(13)27-17/h2-8H,9H2,1H3,(H,22,24). The van der Waals surface area contributed by atoms with Crippen LogP contribution in [0.1, 0.15) is 16.1 Å². The number of fused-ring (bicyclic) bond motifs is 1. The van der Waals surface area contributed by atoms with Crippen LogP contribution in [-0.4, -0.2) is 18.5 Å². The number of hydrogen-bond acceptors (Lipinski definition) is 5. The van der Waals surface area contributed by atoms with Gasteiger partial charge in [0.15, 0.2) is 12.0 Å². The molecule has 0 spiro atoms. The molecule has 1 amide bonds. The molecule has 27 heavy (non-hydrogen) atoms. The molecule has 1 N–H and O–H groups in total. The van der Waals surface area contributed by atoms with E-state index in [0.717, 1.165) is 11.6 Å². The van der Waals surface area contributed by atoms with Crippen molar-refractivity contribution in [2.75, 3.05) is 11.9 Å². The van der Waals surface area contributed by atoms with Gasteiger partial charge in [-0.15, -0.1) is 0 Å². The molecule has 1 aromatic heterocycles. The van der Waals surface area contributed by atoms with Gasteiger partial charge in [0.1, 0.15) is 5.58 Å². The maximum Gasteiger partial charge on any atom is 0.374 e. The predicted octanol–water partition coefficient (Wildman–Crippen LogP) is 4.20. The number of amides is 1. The molecule has 3 aromatic rings. The van der Waals surface area contributed by atoms with Gasteiger partial charge in [0.2, 0.25) is 5.76 Å². The Labute approximate surface area is 163 Å². The summed E-state index contributed by atoms with van der Waals surface area (Å²) in [6, 6.07) is 10.5. The minimum Gasteiger partial charge on any atom is -0.450 e. The van der Waals surface area contributed by atoms with E-state index < -0.39 is 23.9 Å². The fraction of sp³-hybridized carbons (Fsp3) is 0.105. The lowest BCUT2D eigenvalue weighted by Gasteiger charge is -2.09. The van der Waals surface area contributed by atoms with Crippen molar-refractivity contribution >= 4 is 51.7 Å². The zero-order chi connectivity index (χ0) is 19.6. The van der Waals surface area contributed by atoms with E-state index in [2.05, 4.69) is 5.32 Å². The SMILES string of the molecule is Cc1ccc(Cl)cc1NC(=O)COC(=O)c1cc(=O)c2cc(Cl)ccc2o1. The Morgan fingerprint density at radius 3 is 2.56 bits per heavy atom. The highest BCUT2D eigenvalue weighted by molar-refractivity contribution is 6.31. The van der Waals surface area contributed by atoms with E-state index in [1.54, 1.807) is 25.1 Å². The first-order valence-electron chi connectivity index (χ1n) is 7.80. The lowest BCUT2D eigenvalue weighted by Crippen LogP contribution is -2.21. The zero-order valence-electron chi connectivity index (χ0n) is 14.0. The first-order valence-corrected chi connectivity index (χ1v) is 8.55. The van der Waals surface area contributed by atoms with Crippen molar-refractivity contribution in [2.24, 2.45) is 0 Å². The van der Waals surface area contributed by atoms with E-state index >= 15 is 0 Å². The van der Waals surface area contributed by atoms with Gasteiger partial charge in [0.25, 0.3) is 5.91 Å². The van der Waals surface area contributed by atoms with Crippen molar-refractivity contribution in [3.8, 4) is 0 Å². The predicted molar refractivity (Wildman–Crippen MR) is 103 cm³/mol. The molecule has 0 radical (unpaired) electrons.